The molecule has 0 aromatic heterocycles. The van der Waals surface area contributed by atoms with Crippen LogP contribution in [-0.4, -0.2) is 22.2 Å². The Bertz CT molecular complexity index is 970. The molecular weight excluding hydrogens is 424 g/mol. The molecule has 0 spiro atoms. The molecule has 172 valence electrons. The van der Waals surface area contributed by atoms with Crippen molar-refractivity contribution in [3.8, 4) is 0 Å². The van der Waals surface area contributed by atoms with E-state index >= 15 is 0 Å². The molecule has 4 heteroatoms. The fraction of sp³-hybridized carbons (Fsp3) is 0.133. The Labute approximate surface area is 200 Å². The molecule has 4 aromatic rings. The van der Waals surface area contributed by atoms with Crippen LogP contribution in [0.1, 0.15) is 46.9 Å². The van der Waals surface area contributed by atoms with Crippen molar-refractivity contribution >= 4 is 11.9 Å². The molecule has 0 atom stereocenters. The van der Waals surface area contributed by atoms with Crippen molar-refractivity contribution in [1.29, 1.82) is 0 Å². The molecule has 0 saturated heterocycles. The topological polar surface area (TPSA) is 74.6 Å². The van der Waals surface area contributed by atoms with E-state index in [9.17, 15) is 9.59 Å². The van der Waals surface area contributed by atoms with Gasteiger partial charge in [-0.05, 0) is 22.3 Å². The van der Waals surface area contributed by atoms with Gasteiger partial charge in [0.15, 0.2) is 0 Å². The number of benzene rings is 4. The Morgan fingerprint density at radius 2 is 0.647 bits per heavy atom. The summed E-state index contributed by atoms with van der Waals surface area (Å²) in [4.78, 5) is 21.9. The zero-order chi connectivity index (χ0) is 24.2. The fourth-order valence-corrected chi connectivity index (χ4v) is 3.95. The molecule has 0 amide bonds. The van der Waals surface area contributed by atoms with Crippen LogP contribution in [0.4, 0.5) is 0 Å². The highest BCUT2D eigenvalue weighted by Crippen LogP contribution is 2.28. The summed E-state index contributed by atoms with van der Waals surface area (Å²) in [5.41, 5.74) is 4.17. The highest BCUT2D eigenvalue weighted by Gasteiger charge is 2.18. The summed E-state index contributed by atoms with van der Waals surface area (Å²) in [7, 11) is 0. The SMILES string of the molecule is O=C(O)CC(c1ccccc1)c1ccccc1.O=C(O)CC(c1ccccc1)c1ccccc1. The molecule has 0 unspecified atom stereocenters. The molecule has 4 rings (SSSR count). The summed E-state index contributed by atoms with van der Waals surface area (Å²) < 4.78 is 0. The minimum absolute atomic E-state index is 0.0742. The second-order valence-electron chi connectivity index (χ2n) is 7.94. The third-order valence-corrected chi connectivity index (χ3v) is 5.57. The minimum Gasteiger partial charge on any atom is -0.481 e. The minimum atomic E-state index is -0.775. The summed E-state index contributed by atoms with van der Waals surface area (Å²) in [6.45, 7) is 0. The number of hydrogen-bond donors (Lipinski definition) is 2. The van der Waals surface area contributed by atoms with Crippen molar-refractivity contribution in [1.82, 2.24) is 0 Å². The van der Waals surface area contributed by atoms with Crippen LogP contribution < -0.4 is 0 Å². The van der Waals surface area contributed by atoms with Gasteiger partial charge in [0.25, 0.3) is 0 Å². The number of carboxylic acid groups (broad SMARTS) is 2. The summed E-state index contributed by atoms with van der Waals surface area (Å²) in [5, 5.41) is 18.0. The van der Waals surface area contributed by atoms with E-state index < -0.39 is 11.9 Å². The number of aliphatic carboxylic acids is 2. The lowest BCUT2D eigenvalue weighted by molar-refractivity contribution is -0.138. The molecule has 0 radical (unpaired) electrons. The molecule has 0 aliphatic carbocycles. The van der Waals surface area contributed by atoms with Gasteiger partial charge in [-0.1, -0.05) is 121 Å². The van der Waals surface area contributed by atoms with E-state index in [4.69, 9.17) is 10.2 Å². The monoisotopic (exact) mass is 452 g/mol. The predicted octanol–water partition coefficient (Wildman–Crippen LogP) is 6.59. The Hall–Kier alpha value is -4.18. The van der Waals surface area contributed by atoms with E-state index in [2.05, 4.69) is 0 Å². The zero-order valence-corrected chi connectivity index (χ0v) is 18.8. The van der Waals surface area contributed by atoms with Crippen molar-refractivity contribution in [2.75, 3.05) is 0 Å². The maximum Gasteiger partial charge on any atom is 0.304 e. The van der Waals surface area contributed by atoms with E-state index in [1.807, 2.05) is 121 Å². The average molecular weight is 453 g/mol. The number of hydrogen-bond acceptors (Lipinski definition) is 2. The van der Waals surface area contributed by atoms with Crippen molar-refractivity contribution in [3.63, 3.8) is 0 Å². The standard InChI is InChI=1S/2C15H14O2/c2*16-15(17)11-14(12-7-3-1-4-8-12)13-9-5-2-6-10-13/h2*1-10,14H,11H2,(H,16,17). The van der Waals surface area contributed by atoms with E-state index in [0.29, 0.717) is 0 Å². The lowest BCUT2D eigenvalue weighted by atomic mass is 9.89. The Morgan fingerprint density at radius 3 is 0.824 bits per heavy atom. The lowest BCUT2D eigenvalue weighted by Crippen LogP contribution is -2.07. The summed E-state index contributed by atoms with van der Waals surface area (Å²) in [5.74, 6) is -1.70. The maximum absolute atomic E-state index is 11.0. The predicted molar refractivity (Wildman–Crippen MR) is 134 cm³/mol. The Kier molecular flexibility index (Phi) is 9.18. The largest absolute Gasteiger partial charge is 0.481 e. The first-order chi connectivity index (χ1) is 16.5. The second kappa shape index (κ2) is 12.8. The maximum atomic E-state index is 11.0. The molecule has 2 N–H and O–H groups in total. The third-order valence-electron chi connectivity index (χ3n) is 5.57. The average Bonchev–Trinajstić information content (AvgIpc) is 2.88. The van der Waals surface area contributed by atoms with Gasteiger partial charge >= 0.3 is 11.9 Å². The molecule has 0 saturated carbocycles. The van der Waals surface area contributed by atoms with Gasteiger partial charge < -0.3 is 10.2 Å². The number of carbonyl (C=O) groups is 2. The van der Waals surface area contributed by atoms with Crippen LogP contribution in [0.25, 0.3) is 0 Å². The third kappa shape index (κ3) is 7.45. The molecule has 4 nitrogen and oxygen atoms in total. The summed E-state index contributed by atoms with van der Waals surface area (Å²) in [6, 6.07) is 39.0. The number of rotatable bonds is 8. The molecule has 0 aliphatic heterocycles. The van der Waals surface area contributed by atoms with Gasteiger partial charge in [0.05, 0.1) is 12.8 Å². The highest BCUT2D eigenvalue weighted by atomic mass is 16.4. The van der Waals surface area contributed by atoms with E-state index in [1.54, 1.807) is 0 Å². The van der Waals surface area contributed by atoms with Crippen LogP contribution >= 0.6 is 0 Å². The molecule has 4 aromatic carbocycles. The van der Waals surface area contributed by atoms with Crippen LogP contribution in [0.3, 0.4) is 0 Å². The van der Waals surface area contributed by atoms with Crippen molar-refractivity contribution in [2.45, 2.75) is 24.7 Å². The molecule has 0 bridgehead atoms. The highest BCUT2D eigenvalue weighted by molar-refractivity contribution is 5.69. The first kappa shape index (κ1) is 24.5. The molecule has 0 heterocycles. The Balaban J connectivity index is 0.000000191. The second-order valence-corrected chi connectivity index (χ2v) is 7.94. The first-order valence-electron chi connectivity index (χ1n) is 11.2. The number of carboxylic acids is 2. The zero-order valence-electron chi connectivity index (χ0n) is 18.8. The van der Waals surface area contributed by atoms with Gasteiger partial charge in [-0.2, -0.15) is 0 Å². The van der Waals surface area contributed by atoms with E-state index in [0.717, 1.165) is 22.3 Å². The molecule has 34 heavy (non-hydrogen) atoms. The molecular formula is C30H28O4. The van der Waals surface area contributed by atoms with Crippen LogP contribution in [0.15, 0.2) is 121 Å². The lowest BCUT2D eigenvalue weighted by Gasteiger charge is -2.15. The van der Waals surface area contributed by atoms with Crippen LogP contribution in [0.2, 0.25) is 0 Å². The van der Waals surface area contributed by atoms with E-state index in [1.165, 1.54) is 0 Å². The van der Waals surface area contributed by atoms with Gasteiger partial charge in [-0.15, -0.1) is 0 Å². The van der Waals surface area contributed by atoms with Gasteiger partial charge in [0.2, 0.25) is 0 Å². The summed E-state index contributed by atoms with van der Waals surface area (Å²) >= 11 is 0. The quantitative estimate of drug-likeness (QED) is 0.316. The van der Waals surface area contributed by atoms with Crippen LogP contribution in [0.5, 0.6) is 0 Å². The van der Waals surface area contributed by atoms with Gasteiger partial charge in [0, 0.05) is 11.8 Å². The summed E-state index contributed by atoms with van der Waals surface area (Å²) in [6.07, 6.45) is 0.238. The normalized spacial score (nSPS) is 10.4. The molecule has 0 fully saturated rings. The van der Waals surface area contributed by atoms with Gasteiger partial charge in [-0.3, -0.25) is 9.59 Å². The van der Waals surface area contributed by atoms with Crippen molar-refractivity contribution < 1.29 is 19.8 Å². The van der Waals surface area contributed by atoms with Gasteiger partial charge in [0.1, 0.15) is 0 Å². The molecule has 0 aliphatic rings. The Morgan fingerprint density at radius 1 is 0.441 bits per heavy atom. The van der Waals surface area contributed by atoms with Gasteiger partial charge in [-0.25, -0.2) is 0 Å². The van der Waals surface area contributed by atoms with E-state index in [-0.39, 0.29) is 24.7 Å². The van der Waals surface area contributed by atoms with Crippen molar-refractivity contribution in [2.24, 2.45) is 0 Å². The fourth-order valence-electron chi connectivity index (χ4n) is 3.95. The van der Waals surface area contributed by atoms with Crippen LogP contribution in [0, 0.1) is 0 Å². The smallest absolute Gasteiger partial charge is 0.304 e. The first-order valence-corrected chi connectivity index (χ1v) is 11.2. The van der Waals surface area contributed by atoms with Crippen molar-refractivity contribution in [3.05, 3.63) is 144 Å². The van der Waals surface area contributed by atoms with Crippen LogP contribution in [-0.2, 0) is 9.59 Å².